The van der Waals surface area contributed by atoms with Crippen LogP contribution in [0.15, 0.2) is 30.3 Å². The lowest BCUT2D eigenvalue weighted by Gasteiger charge is -2.12. The first kappa shape index (κ1) is 17.2. The van der Waals surface area contributed by atoms with Crippen LogP contribution in [0.2, 0.25) is 0 Å². The monoisotopic (exact) mass is 292 g/mol. The molecule has 0 aliphatic carbocycles. The highest BCUT2D eigenvalue weighted by Crippen LogP contribution is 2.04. The second kappa shape index (κ2) is 9.94. The standard InChI is InChI=1S/C16H24N2O3/c1-3-18-15(19)9-10-17-11-13(2)16(20)21-12-14-7-5-4-6-8-14/h4-8,13,17H,3,9-12H2,1-2H3,(H,18,19). The predicted molar refractivity (Wildman–Crippen MR) is 81.6 cm³/mol. The zero-order chi connectivity index (χ0) is 15.5. The molecule has 0 bridgehead atoms. The molecule has 0 spiro atoms. The molecule has 2 N–H and O–H groups in total. The van der Waals surface area contributed by atoms with Crippen LogP contribution in [-0.4, -0.2) is 31.5 Å². The summed E-state index contributed by atoms with van der Waals surface area (Å²) in [5.74, 6) is -0.448. The number of hydrogen-bond acceptors (Lipinski definition) is 4. The van der Waals surface area contributed by atoms with Crippen LogP contribution in [-0.2, 0) is 20.9 Å². The van der Waals surface area contributed by atoms with Gasteiger partial charge in [-0.1, -0.05) is 37.3 Å². The van der Waals surface area contributed by atoms with E-state index in [9.17, 15) is 9.59 Å². The zero-order valence-corrected chi connectivity index (χ0v) is 12.7. The molecule has 0 aliphatic rings. The minimum absolute atomic E-state index is 0.0179. The number of carbonyl (C=O) groups excluding carboxylic acids is 2. The van der Waals surface area contributed by atoms with E-state index in [1.807, 2.05) is 44.2 Å². The summed E-state index contributed by atoms with van der Waals surface area (Å²) in [7, 11) is 0. The minimum Gasteiger partial charge on any atom is -0.461 e. The number of ether oxygens (including phenoxy) is 1. The van der Waals surface area contributed by atoms with E-state index in [2.05, 4.69) is 10.6 Å². The lowest BCUT2D eigenvalue weighted by atomic mass is 10.2. The van der Waals surface area contributed by atoms with Crippen LogP contribution in [0.25, 0.3) is 0 Å². The molecule has 5 nitrogen and oxygen atoms in total. The Hall–Kier alpha value is -1.88. The van der Waals surface area contributed by atoms with E-state index in [0.717, 1.165) is 5.56 Å². The van der Waals surface area contributed by atoms with Crippen LogP contribution < -0.4 is 10.6 Å². The molecule has 116 valence electrons. The third-order valence-corrected chi connectivity index (χ3v) is 2.98. The van der Waals surface area contributed by atoms with Gasteiger partial charge in [-0.2, -0.15) is 0 Å². The van der Waals surface area contributed by atoms with E-state index in [0.29, 0.717) is 32.7 Å². The second-order valence-corrected chi connectivity index (χ2v) is 4.90. The molecule has 1 aromatic carbocycles. The molecule has 0 saturated carbocycles. The molecule has 21 heavy (non-hydrogen) atoms. The van der Waals surface area contributed by atoms with Gasteiger partial charge in [0.15, 0.2) is 0 Å². The third kappa shape index (κ3) is 7.46. The number of amides is 1. The van der Waals surface area contributed by atoms with Crippen molar-refractivity contribution in [2.75, 3.05) is 19.6 Å². The molecule has 0 radical (unpaired) electrons. The highest BCUT2D eigenvalue weighted by atomic mass is 16.5. The highest BCUT2D eigenvalue weighted by molar-refractivity contribution is 5.76. The lowest BCUT2D eigenvalue weighted by molar-refractivity contribution is -0.149. The van der Waals surface area contributed by atoms with Crippen molar-refractivity contribution in [2.24, 2.45) is 5.92 Å². The molecule has 0 aliphatic heterocycles. The fourth-order valence-electron chi connectivity index (χ4n) is 1.76. The van der Waals surface area contributed by atoms with Crippen LogP contribution >= 0.6 is 0 Å². The summed E-state index contributed by atoms with van der Waals surface area (Å²) in [5, 5.41) is 5.82. The van der Waals surface area contributed by atoms with Crippen molar-refractivity contribution >= 4 is 11.9 Å². The summed E-state index contributed by atoms with van der Waals surface area (Å²) in [4.78, 5) is 23.0. The first-order valence-corrected chi connectivity index (χ1v) is 7.31. The van der Waals surface area contributed by atoms with Gasteiger partial charge in [0, 0.05) is 26.1 Å². The Morgan fingerprint density at radius 3 is 2.62 bits per heavy atom. The fourth-order valence-corrected chi connectivity index (χ4v) is 1.76. The summed E-state index contributed by atoms with van der Waals surface area (Å²) >= 11 is 0. The van der Waals surface area contributed by atoms with Gasteiger partial charge in [-0.25, -0.2) is 0 Å². The van der Waals surface area contributed by atoms with E-state index in [4.69, 9.17) is 4.74 Å². The van der Waals surface area contributed by atoms with Gasteiger partial charge in [-0.05, 0) is 12.5 Å². The summed E-state index contributed by atoms with van der Waals surface area (Å²) in [6.45, 7) is 5.70. The van der Waals surface area contributed by atoms with Gasteiger partial charge in [-0.3, -0.25) is 9.59 Å². The minimum atomic E-state index is -0.233. The smallest absolute Gasteiger partial charge is 0.310 e. The molecule has 0 aromatic heterocycles. The maximum Gasteiger partial charge on any atom is 0.310 e. The highest BCUT2D eigenvalue weighted by Gasteiger charge is 2.14. The van der Waals surface area contributed by atoms with Crippen LogP contribution in [0.3, 0.4) is 0 Å². The topological polar surface area (TPSA) is 67.4 Å². The quantitative estimate of drug-likeness (QED) is 0.534. The number of benzene rings is 1. The SMILES string of the molecule is CCNC(=O)CCNCC(C)C(=O)OCc1ccccc1. The number of carbonyl (C=O) groups is 2. The maximum absolute atomic E-state index is 11.8. The van der Waals surface area contributed by atoms with Gasteiger partial charge < -0.3 is 15.4 Å². The Bertz CT molecular complexity index is 434. The molecule has 1 amide bonds. The number of rotatable bonds is 9. The predicted octanol–water partition coefficient (Wildman–Crippen LogP) is 1.48. The van der Waals surface area contributed by atoms with Crippen molar-refractivity contribution < 1.29 is 14.3 Å². The molecule has 1 unspecified atom stereocenters. The normalized spacial score (nSPS) is 11.7. The summed E-state index contributed by atoms with van der Waals surface area (Å²) in [6.07, 6.45) is 0.416. The van der Waals surface area contributed by atoms with Crippen molar-refractivity contribution in [1.29, 1.82) is 0 Å². The van der Waals surface area contributed by atoms with Gasteiger partial charge in [0.2, 0.25) is 5.91 Å². The molecule has 0 heterocycles. The molecular weight excluding hydrogens is 268 g/mol. The summed E-state index contributed by atoms with van der Waals surface area (Å²) < 4.78 is 5.25. The van der Waals surface area contributed by atoms with Crippen LogP contribution in [0, 0.1) is 5.92 Å². The molecule has 1 atom stereocenters. The van der Waals surface area contributed by atoms with Crippen molar-refractivity contribution in [3.8, 4) is 0 Å². The van der Waals surface area contributed by atoms with Gasteiger partial charge in [0.05, 0.1) is 5.92 Å². The van der Waals surface area contributed by atoms with Crippen LogP contribution in [0.5, 0.6) is 0 Å². The summed E-state index contributed by atoms with van der Waals surface area (Å²) in [5.41, 5.74) is 0.974. The first-order chi connectivity index (χ1) is 10.1. The van der Waals surface area contributed by atoms with E-state index in [1.165, 1.54) is 0 Å². The van der Waals surface area contributed by atoms with E-state index < -0.39 is 0 Å². The van der Waals surface area contributed by atoms with E-state index >= 15 is 0 Å². The number of hydrogen-bond donors (Lipinski definition) is 2. The molecule has 5 heteroatoms. The average molecular weight is 292 g/mol. The van der Waals surface area contributed by atoms with Crippen molar-refractivity contribution in [3.63, 3.8) is 0 Å². The third-order valence-electron chi connectivity index (χ3n) is 2.98. The number of nitrogens with one attached hydrogen (secondary N) is 2. The maximum atomic E-state index is 11.8. The van der Waals surface area contributed by atoms with Gasteiger partial charge >= 0.3 is 5.97 Å². The zero-order valence-electron chi connectivity index (χ0n) is 12.7. The molecule has 0 saturated heterocycles. The van der Waals surface area contributed by atoms with E-state index in [1.54, 1.807) is 0 Å². The largest absolute Gasteiger partial charge is 0.461 e. The van der Waals surface area contributed by atoms with Crippen molar-refractivity contribution in [1.82, 2.24) is 10.6 Å². The van der Waals surface area contributed by atoms with E-state index in [-0.39, 0.29) is 17.8 Å². The van der Waals surface area contributed by atoms with Gasteiger partial charge in [-0.15, -0.1) is 0 Å². The molecule has 1 rings (SSSR count). The number of esters is 1. The molecule has 0 fully saturated rings. The van der Waals surface area contributed by atoms with Crippen LogP contribution in [0.4, 0.5) is 0 Å². The molecular formula is C16H24N2O3. The van der Waals surface area contributed by atoms with Gasteiger partial charge in [0.1, 0.15) is 6.61 Å². The lowest BCUT2D eigenvalue weighted by Crippen LogP contribution is -2.31. The van der Waals surface area contributed by atoms with Crippen molar-refractivity contribution in [3.05, 3.63) is 35.9 Å². The second-order valence-electron chi connectivity index (χ2n) is 4.90. The first-order valence-electron chi connectivity index (χ1n) is 7.31. The summed E-state index contributed by atoms with van der Waals surface area (Å²) in [6, 6.07) is 9.59. The average Bonchev–Trinajstić information content (AvgIpc) is 2.50. The van der Waals surface area contributed by atoms with Gasteiger partial charge in [0.25, 0.3) is 0 Å². The fraction of sp³-hybridized carbons (Fsp3) is 0.500. The Morgan fingerprint density at radius 2 is 1.95 bits per heavy atom. The Balaban J connectivity index is 2.15. The van der Waals surface area contributed by atoms with Crippen LogP contribution in [0.1, 0.15) is 25.8 Å². The Morgan fingerprint density at radius 1 is 1.24 bits per heavy atom. The van der Waals surface area contributed by atoms with Crippen molar-refractivity contribution in [2.45, 2.75) is 26.9 Å². The molecule has 1 aromatic rings. The Kier molecular flexibility index (Phi) is 8.12. The Labute approximate surface area is 126 Å².